The minimum Gasteiger partial charge on any atom is -0.496 e. The number of benzene rings is 2. The van der Waals surface area contributed by atoms with Crippen LogP contribution in [0.15, 0.2) is 63.4 Å². The molecule has 2 N–H and O–H groups in total. The number of aromatic nitrogens is 2. The molecule has 34 heavy (non-hydrogen) atoms. The first-order valence-electron chi connectivity index (χ1n) is 10.5. The molecule has 0 aliphatic heterocycles. The van der Waals surface area contributed by atoms with Gasteiger partial charge in [-0.2, -0.15) is 5.10 Å². The summed E-state index contributed by atoms with van der Waals surface area (Å²) >= 11 is 0. The summed E-state index contributed by atoms with van der Waals surface area (Å²) in [5, 5.41) is 3.95. The van der Waals surface area contributed by atoms with Crippen LogP contribution in [-0.4, -0.2) is 37.0 Å². The van der Waals surface area contributed by atoms with E-state index in [0.717, 1.165) is 22.9 Å². The molecule has 0 fully saturated rings. The van der Waals surface area contributed by atoms with Crippen molar-refractivity contribution in [3.05, 3.63) is 80.6 Å². The van der Waals surface area contributed by atoms with Gasteiger partial charge in [0.05, 0.1) is 24.8 Å². The molecule has 3 rings (SSSR count). The van der Waals surface area contributed by atoms with Gasteiger partial charge in [0, 0.05) is 23.4 Å². The minimum absolute atomic E-state index is 0.323. The van der Waals surface area contributed by atoms with Gasteiger partial charge in [-0.25, -0.2) is 18.0 Å². The Morgan fingerprint density at radius 3 is 2.41 bits per heavy atom. The van der Waals surface area contributed by atoms with Gasteiger partial charge in [-0.3, -0.25) is 14.3 Å². The van der Waals surface area contributed by atoms with Crippen LogP contribution in [0.4, 0.5) is 0 Å². The van der Waals surface area contributed by atoms with E-state index in [1.54, 1.807) is 14.0 Å². The Morgan fingerprint density at radius 2 is 1.82 bits per heavy atom. The van der Waals surface area contributed by atoms with Gasteiger partial charge in [-0.05, 0) is 41.7 Å². The molecule has 1 aromatic heterocycles. The Kier molecular flexibility index (Phi) is 6.83. The molecule has 0 aliphatic rings. The standard InChI is InChI=1S/C24H28N4O5S/c1-15(26-27-34(6,31)32)16-8-7-9-17(12-16)19-13-18(28-11-10-21(29)25-23(28)30)14-20(22(19)33-5)24(2,3)4/h7-14,27H,1-6H3,(H,25,29,30)/b26-15+. The third-order valence-electron chi connectivity index (χ3n) is 5.16. The van der Waals surface area contributed by atoms with Crippen LogP contribution in [0, 0.1) is 0 Å². The minimum atomic E-state index is -3.48. The molecule has 0 unspecified atom stereocenters. The van der Waals surface area contributed by atoms with E-state index in [1.807, 2.05) is 57.2 Å². The lowest BCUT2D eigenvalue weighted by molar-refractivity contribution is 0.399. The highest BCUT2D eigenvalue weighted by molar-refractivity contribution is 7.88. The Labute approximate surface area is 198 Å². The molecule has 9 nitrogen and oxygen atoms in total. The summed E-state index contributed by atoms with van der Waals surface area (Å²) in [5.74, 6) is 0.648. The normalized spacial score (nSPS) is 12.5. The third kappa shape index (κ3) is 5.63. The van der Waals surface area contributed by atoms with Gasteiger partial charge in [-0.1, -0.05) is 39.0 Å². The second kappa shape index (κ2) is 9.30. The average molecular weight is 485 g/mol. The lowest BCUT2D eigenvalue weighted by atomic mass is 9.83. The zero-order valence-corrected chi connectivity index (χ0v) is 20.8. The zero-order valence-electron chi connectivity index (χ0n) is 20.0. The van der Waals surface area contributed by atoms with Crippen LogP contribution < -0.4 is 20.8 Å². The smallest absolute Gasteiger partial charge is 0.332 e. The van der Waals surface area contributed by atoms with Crippen molar-refractivity contribution in [2.75, 3.05) is 13.4 Å². The maximum Gasteiger partial charge on any atom is 0.332 e. The average Bonchev–Trinajstić information content (AvgIpc) is 2.75. The van der Waals surface area contributed by atoms with Gasteiger partial charge < -0.3 is 4.74 Å². The molecule has 0 spiro atoms. The molecule has 10 heteroatoms. The van der Waals surface area contributed by atoms with Crippen molar-refractivity contribution in [3.8, 4) is 22.6 Å². The van der Waals surface area contributed by atoms with E-state index >= 15 is 0 Å². The molecular weight excluding hydrogens is 456 g/mol. The number of hydrazone groups is 1. The molecule has 180 valence electrons. The first-order valence-corrected chi connectivity index (χ1v) is 12.4. The predicted octanol–water partition coefficient (Wildman–Crippen LogP) is 2.77. The molecule has 0 amide bonds. The first-order chi connectivity index (χ1) is 15.8. The van der Waals surface area contributed by atoms with Crippen LogP contribution in [0.25, 0.3) is 16.8 Å². The summed E-state index contributed by atoms with van der Waals surface area (Å²) in [6.45, 7) is 7.82. The largest absolute Gasteiger partial charge is 0.496 e. The molecule has 0 radical (unpaired) electrons. The summed E-state index contributed by atoms with van der Waals surface area (Å²) < 4.78 is 30.0. The van der Waals surface area contributed by atoms with Crippen LogP contribution in [-0.2, 0) is 15.4 Å². The monoisotopic (exact) mass is 484 g/mol. The SMILES string of the molecule is COc1c(-c2cccc(/C(C)=N/NS(C)(=O)=O)c2)cc(-n2ccc(=O)[nH]c2=O)cc1C(C)(C)C. The number of sulfonamides is 1. The summed E-state index contributed by atoms with van der Waals surface area (Å²) in [6, 6.07) is 12.4. The van der Waals surface area contributed by atoms with Gasteiger partial charge in [0.1, 0.15) is 5.75 Å². The Morgan fingerprint density at radius 1 is 1.12 bits per heavy atom. The number of nitrogens with one attached hydrogen (secondary N) is 2. The number of nitrogens with zero attached hydrogens (tertiary/aromatic N) is 2. The molecule has 1 heterocycles. The maximum absolute atomic E-state index is 12.5. The molecule has 0 saturated heterocycles. The van der Waals surface area contributed by atoms with Crippen molar-refractivity contribution in [2.45, 2.75) is 33.1 Å². The van der Waals surface area contributed by atoms with Crippen molar-refractivity contribution in [1.29, 1.82) is 0 Å². The Hall–Kier alpha value is -3.66. The van der Waals surface area contributed by atoms with Crippen LogP contribution in [0.3, 0.4) is 0 Å². The van der Waals surface area contributed by atoms with Crippen molar-refractivity contribution < 1.29 is 13.2 Å². The number of hydrogen-bond acceptors (Lipinski definition) is 6. The van der Waals surface area contributed by atoms with Crippen LogP contribution >= 0.6 is 0 Å². The maximum atomic E-state index is 12.5. The zero-order chi connectivity index (χ0) is 25.3. The summed E-state index contributed by atoms with van der Waals surface area (Å²) in [4.78, 5) is 28.5. The van der Waals surface area contributed by atoms with Gasteiger partial charge >= 0.3 is 5.69 Å². The topological polar surface area (TPSA) is 123 Å². The van der Waals surface area contributed by atoms with E-state index in [2.05, 4.69) is 14.9 Å². The van der Waals surface area contributed by atoms with E-state index in [-0.39, 0.29) is 5.41 Å². The highest BCUT2D eigenvalue weighted by Gasteiger charge is 2.24. The summed E-state index contributed by atoms with van der Waals surface area (Å²) in [5.41, 5.74) is 2.79. The summed E-state index contributed by atoms with van der Waals surface area (Å²) in [6.07, 6.45) is 2.46. The molecular formula is C24H28N4O5S. The van der Waals surface area contributed by atoms with Crippen LogP contribution in [0.5, 0.6) is 5.75 Å². The molecule has 0 saturated carbocycles. The Bertz CT molecular complexity index is 1480. The van der Waals surface area contributed by atoms with E-state index in [0.29, 0.717) is 22.7 Å². The predicted molar refractivity (Wildman–Crippen MR) is 134 cm³/mol. The fourth-order valence-electron chi connectivity index (χ4n) is 3.49. The molecule has 0 aliphatic carbocycles. The van der Waals surface area contributed by atoms with E-state index in [1.165, 1.54) is 16.8 Å². The van der Waals surface area contributed by atoms with Crippen molar-refractivity contribution >= 4 is 15.7 Å². The number of rotatable bonds is 6. The fraction of sp³-hybridized carbons (Fsp3) is 0.292. The molecule has 3 aromatic rings. The lowest BCUT2D eigenvalue weighted by Crippen LogP contribution is -2.27. The lowest BCUT2D eigenvalue weighted by Gasteiger charge is -2.26. The van der Waals surface area contributed by atoms with Gasteiger partial charge in [0.15, 0.2) is 0 Å². The number of methoxy groups -OCH3 is 1. The molecule has 2 aromatic carbocycles. The van der Waals surface area contributed by atoms with E-state index in [9.17, 15) is 18.0 Å². The molecule has 0 atom stereocenters. The second-order valence-corrected chi connectivity index (χ2v) is 10.7. The highest BCUT2D eigenvalue weighted by Crippen LogP contribution is 2.41. The van der Waals surface area contributed by atoms with Gasteiger partial charge in [-0.15, -0.1) is 0 Å². The Balaban J connectivity index is 2.27. The highest BCUT2D eigenvalue weighted by atomic mass is 32.2. The second-order valence-electron chi connectivity index (χ2n) is 8.95. The van der Waals surface area contributed by atoms with Gasteiger partial charge in [0.2, 0.25) is 10.0 Å². The third-order valence-corrected chi connectivity index (χ3v) is 5.58. The number of ether oxygens (including phenoxy) is 1. The fourth-order valence-corrected chi connectivity index (χ4v) is 3.80. The number of H-pyrrole nitrogens is 1. The van der Waals surface area contributed by atoms with Crippen LogP contribution in [0.1, 0.15) is 38.8 Å². The quantitative estimate of drug-likeness (QED) is 0.411. The van der Waals surface area contributed by atoms with E-state index < -0.39 is 21.3 Å². The van der Waals surface area contributed by atoms with E-state index in [4.69, 9.17) is 4.74 Å². The van der Waals surface area contributed by atoms with Gasteiger partial charge in [0.25, 0.3) is 5.56 Å². The van der Waals surface area contributed by atoms with Crippen molar-refractivity contribution in [2.24, 2.45) is 5.10 Å². The number of aromatic amines is 1. The van der Waals surface area contributed by atoms with Crippen molar-refractivity contribution in [1.82, 2.24) is 14.4 Å². The van der Waals surface area contributed by atoms with Crippen LogP contribution in [0.2, 0.25) is 0 Å². The van der Waals surface area contributed by atoms with Crippen molar-refractivity contribution in [3.63, 3.8) is 0 Å². The summed E-state index contributed by atoms with van der Waals surface area (Å²) in [7, 11) is -1.89. The number of hydrogen-bond donors (Lipinski definition) is 2. The first kappa shape index (κ1) is 25.0. The molecule has 0 bridgehead atoms.